The zero-order chi connectivity index (χ0) is 13.2. The normalized spacial score (nSPS) is 29.2. The van der Waals surface area contributed by atoms with Crippen LogP contribution in [0.3, 0.4) is 0 Å². The molecule has 106 valence electrons. The number of hydrogen-bond acceptors (Lipinski definition) is 5. The van der Waals surface area contributed by atoms with Crippen molar-refractivity contribution in [3.05, 3.63) is 0 Å². The molecule has 0 amide bonds. The minimum atomic E-state index is -2.80. The first kappa shape index (κ1) is 14.2. The molecule has 18 heavy (non-hydrogen) atoms. The quantitative estimate of drug-likeness (QED) is 0.754. The summed E-state index contributed by atoms with van der Waals surface area (Å²) in [4.78, 5) is 4.77. The fraction of sp³-hybridized carbons (Fsp3) is 1.00. The zero-order valence-corrected chi connectivity index (χ0v) is 12.1. The van der Waals surface area contributed by atoms with Gasteiger partial charge in [0, 0.05) is 25.2 Å². The van der Waals surface area contributed by atoms with Gasteiger partial charge in [0.1, 0.15) is 0 Å². The molecule has 0 aromatic carbocycles. The van der Waals surface area contributed by atoms with Crippen LogP contribution in [-0.2, 0) is 9.84 Å². The minimum Gasteiger partial charge on any atom is -0.329 e. The Balaban J connectivity index is 2.01. The molecule has 0 unspecified atom stereocenters. The topological polar surface area (TPSA) is 66.6 Å². The third kappa shape index (κ3) is 2.87. The first-order valence-corrected chi connectivity index (χ1v) is 8.71. The molecule has 0 aliphatic carbocycles. The Morgan fingerprint density at radius 2 is 1.67 bits per heavy atom. The van der Waals surface area contributed by atoms with Gasteiger partial charge in [-0.25, -0.2) is 8.42 Å². The molecule has 0 spiro atoms. The minimum absolute atomic E-state index is 0.0433. The van der Waals surface area contributed by atoms with Crippen LogP contribution < -0.4 is 5.73 Å². The van der Waals surface area contributed by atoms with Crippen molar-refractivity contribution in [3.8, 4) is 0 Å². The van der Waals surface area contributed by atoms with E-state index < -0.39 is 9.84 Å². The maximum absolute atomic E-state index is 11.5. The Hall–Kier alpha value is -0.170. The summed E-state index contributed by atoms with van der Waals surface area (Å²) >= 11 is 0. The molecular formula is C12H25N3O2S. The van der Waals surface area contributed by atoms with Crippen molar-refractivity contribution < 1.29 is 8.42 Å². The van der Waals surface area contributed by atoms with Crippen LogP contribution in [0.15, 0.2) is 0 Å². The van der Waals surface area contributed by atoms with Crippen molar-refractivity contribution >= 4 is 9.84 Å². The van der Waals surface area contributed by atoms with E-state index in [0.29, 0.717) is 31.1 Å². The van der Waals surface area contributed by atoms with E-state index >= 15 is 0 Å². The van der Waals surface area contributed by atoms with Gasteiger partial charge in [-0.15, -0.1) is 0 Å². The van der Waals surface area contributed by atoms with Crippen molar-refractivity contribution in [1.82, 2.24) is 9.80 Å². The summed E-state index contributed by atoms with van der Waals surface area (Å²) in [5.41, 5.74) is 6.06. The lowest BCUT2D eigenvalue weighted by Gasteiger charge is -2.49. The summed E-state index contributed by atoms with van der Waals surface area (Å²) in [6.45, 7) is 7.40. The van der Waals surface area contributed by atoms with Gasteiger partial charge in [0.25, 0.3) is 0 Å². The lowest BCUT2D eigenvalue weighted by atomic mass is 9.85. The van der Waals surface area contributed by atoms with Crippen molar-refractivity contribution in [1.29, 1.82) is 0 Å². The van der Waals surface area contributed by atoms with E-state index in [2.05, 4.69) is 16.7 Å². The lowest BCUT2D eigenvalue weighted by molar-refractivity contribution is 0.0342. The van der Waals surface area contributed by atoms with E-state index in [4.69, 9.17) is 5.73 Å². The van der Waals surface area contributed by atoms with Crippen LogP contribution in [0.1, 0.15) is 19.8 Å². The fourth-order valence-electron chi connectivity index (χ4n) is 3.12. The fourth-order valence-corrected chi connectivity index (χ4v) is 4.32. The Labute approximate surface area is 110 Å². The number of piperidine rings is 1. The van der Waals surface area contributed by atoms with Gasteiger partial charge in [-0.3, -0.25) is 4.90 Å². The third-order valence-corrected chi connectivity index (χ3v) is 6.24. The van der Waals surface area contributed by atoms with E-state index in [1.165, 1.54) is 0 Å². The highest BCUT2D eigenvalue weighted by molar-refractivity contribution is 7.91. The SMILES string of the molecule is CCN1CCC(CN)(N2CCS(=O)(=O)CC2)CC1. The second kappa shape index (κ2) is 5.45. The molecule has 2 saturated heterocycles. The average molecular weight is 275 g/mol. The number of nitrogens with zero attached hydrogens (tertiary/aromatic N) is 2. The van der Waals surface area contributed by atoms with E-state index in [1.54, 1.807) is 0 Å². The standard InChI is InChI=1S/C12H25N3O2S/c1-2-14-5-3-12(11-13,4-6-14)15-7-9-18(16,17)10-8-15/h2-11,13H2,1H3. The predicted molar refractivity (Wildman–Crippen MR) is 73.4 cm³/mol. The summed E-state index contributed by atoms with van der Waals surface area (Å²) in [6, 6.07) is 0. The van der Waals surface area contributed by atoms with Crippen LogP contribution in [0.2, 0.25) is 0 Å². The monoisotopic (exact) mass is 275 g/mol. The molecule has 0 atom stereocenters. The van der Waals surface area contributed by atoms with E-state index in [-0.39, 0.29) is 5.54 Å². The van der Waals surface area contributed by atoms with Crippen molar-refractivity contribution in [2.75, 3.05) is 50.8 Å². The molecule has 2 N–H and O–H groups in total. The summed E-state index contributed by atoms with van der Waals surface area (Å²) in [5.74, 6) is 0.596. The second-order valence-corrected chi connectivity index (χ2v) is 7.81. The van der Waals surface area contributed by atoms with Crippen LogP contribution in [-0.4, -0.2) is 74.5 Å². The third-order valence-electron chi connectivity index (χ3n) is 4.63. The smallest absolute Gasteiger partial charge is 0.152 e. The number of likely N-dealkylation sites (tertiary alicyclic amines) is 1. The summed E-state index contributed by atoms with van der Waals surface area (Å²) < 4.78 is 23.0. The molecule has 5 nitrogen and oxygen atoms in total. The van der Waals surface area contributed by atoms with Crippen LogP contribution in [0.5, 0.6) is 0 Å². The van der Waals surface area contributed by atoms with Crippen molar-refractivity contribution in [3.63, 3.8) is 0 Å². The highest BCUT2D eigenvalue weighted by atomic mass is 32.2. The van der Waals surface area contributed by atoms with Crippen molar-refractivity contribution in [2.45, 2.75) is 25.3 Å². The van der Waals surface area contributed by atoms with Crippen LogP contribution >= 0.6 is 0 Å². The summed E-state index contributed by atoms with van der Waals surface area (Å²) in [7, 11) is -2.80. The maximum Gasteiger partial charge on any atom is 0.152 e. The number of nitrogens with two attached hydrogens (primary N) is 1. The molecule has 2 fully saturated rings. The predicted octanol–water partition coefficient (Wildman–Crippen LogP) is -0.470. The Morgan fingerprint density at radius 3 is 2.11 bits per heavy atom. The molecule has 0 aromatic heterocycles. The van der Waals surface area contributed by atoms with Gasteiger partial charge in [-0.1, -0.05) is 6.92 Å². The molecule has 0 bridgehead atoms. The van der Waals surface area contributed by atoms with Gasteiger partial charge in [-0.2, -0.15) is 0 Å². The lowest BCUT2D eigenvalue weighted by Crippen LogP contribution is -2.62. The second-order valence-electron chi connectivity index (χ2n) is 5.50. The van der Waals surface area contributed by atoms with E-state index in [1.807, 2.05) is 0 Å². The molecule has 2 aliphatic heterocycles. The highest BCUT2D eigenvalue weighted by Gasteiger charge is 2.40. The van der Waals surface area contributed by atoms with Gasteiger partial charge in [0.2, 0.25) is 0 Å². The van der Waals surface area contributed by atoms with Gasteiger partial charge < -0.3 is 10.6 Å². The van der Waals surface area contributed by atoms with Gasteiger partial charge >= 0.3 is 0 Å². The zero-order valence-electron chi connectivity index (χ0n) is 11.3. The van der Waals surface area contributed by atoms with Crippen molar-refractivity contribution in [2.24, 2.45) is 5.73 Å². The molecule has 2 aliphatic rings. The van der Waals surface area contributed by atoms with Gasteiger partial charge in [-0.05, 0) is 32.5 Å². The van der Waals surface area contributed by atoms with E-state index in [0.717, 1.165) is 32.5 Å². The molecular weight excluding hydrogens is 250 g/mol. The molecule has 2 heterocycles. The Morgan fingerprint density at radius 1 is 1.11 bits per heavy atom. The number of sulfone groups is 1. The Bertz CT molecular complexity index is 361. The summed E-state index contributed by atoms with van der Waals surface area (Å²) in [5, 5.41) is 0. The number of rotatable bonds is 3. The van der Waals surface area contributed by atoms with Gasteiger partial charge in [0.05, 0.1) is 11.5 Å². The van der Waals surface area contributed by atoms with Crippen LogP contribution in [0.4, 0.5) is 0 Å². The number of hydrogen-bond donors (Lipinski definition) is 1. The first-order chi connectivity index (χ1) is 8.51. The maximum atomic E-state index is 11.5. The average Bonchev–Trinajstić information content (AvgIpc) is 2.39. The Kier molecular flexibility index (Phi) is 4.31. The van der Waals surface area contributed by atoms with E-state index in [9.17, 15) is 8.42 Å². The molecule has 0 saturated carbocycles. The first-order valence-electron chi connectivity index (χ1n) is 6.89. The largest absolute Gasteiger partial charge is 0.329 e. The molecule has 6 heteroatoms. The molecule has 0 aromatic rings. The molecule has 0 radical (unpaired) electrons. The summed E-state index contributed by atoms with van der Waals surface area (Å²) in [6.07, 6.45) is 2.13. The van der Waals surface area contributed by atoms with Gasteiger partial charge in [0.15, 0.2) is 9.84 Å². The molecule has 2 rings (SSSR count). The van der Waals surface area contributed by atoms with Crippen LogP contribution in [0.25, 0.3) is 0 Å². The van der Waals surface area contributed by atoms with Crippen LogP contribution in [0, 0.1) is 0 Å². The highest BCUT2D eigenvalue weighted by Crippen LogP contribution is 2.29.